The zero-order chi connectivity index (χ0) is 14.4. The van der Waals surface area contributed by atoms with E-state index in [9.17, 15) is 5.11 Å². The Morgan fingerprint density at radius 3 is 2.50 bits per heavy atom. The molecule has 106 valence electrons. The van der Waals surface area contributed by atoms with Crippen molar-refractivity contribution in [2.24, 2.45) is 0 Å². The van der Waals surface area contributed by atoms with Crippen LogP contribution in [0.4, 0.5) is 0 Å². The van der Waals surface area contributed by atoms with Crippen LogP contribution in [-0.4, -0.2) is 17.7 Å². The summed E-state index contributed by atoms with van der Waals surface area (Å²) in [5, 5.41) is 13.5. The van der Waals surface area contributed by atoms with Crippen molar-refractivity contribution in [3.8, 4) is 0 Å². The molecule has 2 nitrogen and oxygen atoms in total. The molecular formula is C18H23NO. The smallest absolute Gasteiger partial charge is 0.0914 e. The molecule has 0 aliphatic carbocycles. The minimum absolute atomic E-state index is 0.343. The van der Waals surface area contributed by atoms with E-state index < -0.39 is 6.10 Å². The Hall–Kier alpha value is -1.64. The van der Waals surface area contributed by atoms with Gasteiger partial charge < -0.3 is 10.4 Å². The zero-order valence-corrected chi connectivity index (χ0v) is 12.2. The Bertz CT molecular complexity index is 524. The van der Waals surface area contributed by atoms with E-state index >= 15 is 0 Å². The second-order valence-corrected chi connectivity index (χ2v) is 5.43. The lowest BCUT2D eigenvalue weighted by Crippen LogP contribution is -2.32. The lowest BCUT2D eigenvalue weighted by Gasteiger charge is -2.17. The monoisotopic (exact) mass is 269 g/mol. The molecule has 0 aromatic heterocycles. The van der Waals surface area contributed by atoms with Gasteiger partial charge in [-0.1, -0.05) is 60.2 Å². The molecule has 1 unspecified atom stereocenters. The topological polar surface area (TPSA) is 32.3 Å². The highest BCUT2D eigenvalue weighted by atomic mass is 16.3. The van der Waals surface area contributed by atoms with Crippen molar-refractivity contribution in [2.75, 3.05) is 6.54 Å². The summed E-state index contributed by atoms with van der Waals surface area (Å²) in [5.74, 6) is 0. The van der Waals surface area contributed by atoms with Gasteiger partial charge in [-0.2, -0.15) is 0 Å². The third-order valence-corrected chi connectivity index (χ3v) is 3.47. The lowest BCUT2D eigenvalue weighted by molar-refractivity contribution is 0.170. The van der Waals surface area contributed by atoms with Crippen LogP contribution in [0.5, 0.6) is 0 Å². The first kappa shape index (κ1) is 14.8. The van der Waals surface area contributed by atoms with Gasteiger partial charge in [0.25, 0.3) is 0 Å². The van der Waals surface area contributed by atoms with Crippen LogP contribution in [0.2, 0.25) is 0 Å². The molecule has 0 aliphatic heterocycles. The van der Waals surface area contributed by atoms with Crippen LogP contribution in [0.25, 0.3) is 0 Å². The van der Waals surface area contributed by atoms with Crippen molar-refractivity contribution >= 4 is 0 Å². The van der Waals surface area contributed by atoms with Crippen LogP contribution < -0.4 is 5.32 Å². The number of benzene rings is 2. The van der Waals surface area contributed by atoms with Gasteiger partial charge in [-0.15, -0.1) is 0 Å². The molecule has 2 N–H and O–H groups in total. The van der Waals surface area contributed by atoms with E-state index in [0.29, 0.717) is 12.6 Å². The Kier molecular flexibility index (Phi) is 5.33. The summed E-state index contributed by atoms with van der Waals surface area (Å²) in [6, 6.07) is 18.7. The Balaban J connectivity index is 1.82. The van der Waals surface area contributed by atoms with Crippen molar-refractivity contribution in [2.45, 2.75) is 32.4 Å². The first-order chi connectivity index (χ1) is 9.65. The van der Waals surface area contributed by atoms with Crippen LogP contribution in [0, 0.1) is 6.92 Å². The van der Waals surface area contributed by atoms with Crippen molar-refractivity contribution in [3.63, 3.8) is 0 Å². The van der Waals surface area contributed by atoms with Crippen molar-refractivity contribution in [1.82, 2.24) is 5.32 Å². The number of aliphatic hydroxyl groups excluding tert-OH is 1. The lowest BCUT2D eigenvalue weighted by atomic mass is 10.0. The molecular weight excluding hydrogens is 246 g/mol. The van der Waals surface area contributed by atoms with Gasteiger partial charge in [-0.3, -0.25) is 0 Å². The molecule has 0 radical (unpaired) electrons. The quantitative estimate of drug-likeness (QED) is 0.843. The van der Waals surface area contributed by atoms with E-state index in [1.807, 2.05) is 30.3 Å². The maximum atomic E-state index is 10.1. The van der Waals surface area contributed by atoms with E-state index in [-0.39, 0.29) is 0 Å². The number of aliphatic hydroxyl groups is 1. The molecule has 0 saturated carbocycles. The number of hydrogen-bond acceptors (Lipinski definition) is 2. The van der Waals surface area contributed by atoms with Gasteiger partial charge in [0.05, 0.1) is 6.10 Å². The predicted molar refractivity (Wildman–Crippen MR) is 83.7 cm³/mol. The van der Waals surface area contributed by atoms with Gasteiger partial charge in [0.15, 0.2) is 0 Å². The predicted octanol–water partition coefficient (Wildman–Crippen LogP) is 3.25. The summed E-state index contributed by atoms with van der Waals surface area (Å²) in [7, 11) is 0. The molecule has 0 spiro atoms. The second kappa shape index (κ2) is 7.22. The molecule has 0 fully saturated rings. The normalized spacial score (nSPS) is 13.9. The Morgan fingerprint density at radius 1 is 1.05 bits per heavy atom. The molecule has 0 amide bonds. The molecule has 0 bridgehead atoms. The summed E-state index contributed by atoms with van der Waals surface area (Å²) < 4.78 is 0. The molecule has 2 atom stereocenters. The first-order valence-corrected chi connectivity index (χ1v) is 7.17. The molecule has 2 aromatic rings. The van der Waals surface area contributed by atoms with E-state index in [2.05, 4.69) is 43.4 Å². The maximum absolute atomic E-state index is 10.1. The SMILES string of the molecule is Cc1cccc(CC(C)NC[C@H](O)c2ccccc2)c1. The largest absolute Gasteiger partial charge is 0.387 e. The zero-order valence-electron chi connectivity index (χ0n) is 12.2. The summed E-state index contributed by atoms with van der Waals surface area (Å²) in [5.41, 5.74) is 3.58. The third-order valence-electron chi connectivity index (χ3n) is 3.47. The van der Waals surface area contributed by atoms with Crippen LogP contribution >= 0.6 is 0 Å². The van der Waals surface area contributed by atoms with Crippen molar-refractivity contribution < 1.29 is 5.11 Å². The van der Waals surface area contributed by atoms with E-state index in [4.69, 9.17) is 0 Å². The molecule has 20 heavy (non-hydrogen) atoms. The standard InChI is InChI=1S/C18H23NO/c1-14-7-6-8-16(11-14)12-15(2)19-13-18(20)17-9-4-3-5-10-17/h3-11,15,18-20H,12-13H2,1-2H3/t15?,18-/m0/s1. The third kappa shape index (κ3) is 4.48. The molecule has 2 heteroatoms. The van der Waals surface area contributed by atoms with Gasteiger partial charge in [-0.25, -0.2) is 0 Å². The van der Waals surface area contributed by atoms with Crippen LogP contribution in [0.3, 0.4) is 0 Å². The van der Waals surface area contributed by atoms with Gasteiger partial charge in [0.2, 0.25) is 0 Å². The average molecular weight is 269 g/mol. The van der Waals surface area contributed by atoms with E-state index in [1.165, 1.54) is 11.1 Å². The van der Waals surface area contributed by atoms with Crippen molar-refractivity contribution in [3.05, 3.63) is 71.3 Å². The number of hydrogen-bond donors (Lipinski definition) is 2. The molecule has 0 heterocycles. The minimum Gasteiger partial charge on any atom is -0.387 e. The first-order valence-electron chi connectivity index (χ1n) is 7.17. The van der Waals surface area contributed by atoms with Gasteiger partial charge >= 0.3 is 0 Å². The highest BCUT2D eigenvalue weighted by Crippen LogP contribution is 2.12. The fraction of sp³-hybridized carbons (Fsp3) is 0.333. The highest BCUT2D eigenvalue weighted by molar-refractivity contribution is 5.23. The Labute approximate surface area is 121 Å². The maximum Gasteiger partial charge on any atom is 0.0914 e. The fourth-order valence-electron chi connectivity index (χ4n) is 2.37. The van der Waals surface area contributed by atoms with Crippen molar-refractivity contribution in [1.29, 1.82) is 0 Å². The molecule has 2 aromatic carbocycles. The summed E-state index contributed by atoms with van der Waals surface area (Å²) in [4.78, 5) is 0. The number of aryl methyl sites for hydroxylation is 1. The Morgan fingerprint density at radius 2 is 1.80 bits per heavy atom. The molecule has 0 aliphatic rings. The highest BCUT2D eigenvalue weighted by Gasteiger charge is 2.09. The van der Waals surface area contributed by atoms with Crippen LogP contribution in [0.15, 0.2) is 54.6 Å². The van der Waals surface area contributed by atoms with Gasteiger partial charge in [0, 0.05) is 12.6 Å². The molecule has 0 saturated heterocycles. The average Bonchev–Trinajstić information content (AvgIpc) is 2.46. The summed E-state index contributed by atoms with van der Waals surface area (Å²) in [6.45, 7) is 4.85. The summed E-state index contributed by atoms with van der Waals surface area (Å²) >= 11 is 0. The summed E-state index contributed by atoms with van der Waals surface area (Å²) in [6.07, 6.45) is 0.527. The van der Waals surface area contributed by atoms with Gasteiger partial charge in [-0.05, 0) is 31.4 Å². The number of rotatable bonds is 6. The van der Waals surface area contributed by atoms with E-state index in [0.717, 1.165) is 12.0 Å². The van der Waals surface area contributed by atoms with E-state index in [1.54, 1.807) is 0 Å². The minimum atomic E-state index is -0.448. The number of nitrogens with one attached hydrogen (secondary N) is 1. The fourth-order valence-corrected chi connectivity index (χ4v) is 2.37. The van der Waals surface area contributed by atoms with Crippen LogP contribution in [-0.2, 0) is 6.42 Å². The second-order valence-electron chi connectivity index (χ2n) is 5.43. The molecule has 2 rings (SSSR count). The van der Waals surface area contributed by atoms with Gasteiger partial charge in [0.1, 0.15) is 0 Å². The van der Waals surface area contributed by atoms with Crippen LogP contribution in [0.1, 0.15) is 29.7 Å².